The normalized spacial score (nSPS) is 10.8. The van der Waals surface area contributed by atoms with Crippen LogP contribution in [-0.2, 0) is 6.54 Å². The predicted molar refractivity (Wildman–Crippen MR) is 87.0 cm³/mol. The number of hydrogen-bond donors (Lipinski definition) is 0. The summed E-state index contributed by atoms with van der Waals surface area (Å²) in [5.41, 5.74) is 3.69. The zero-order valence-corrected chi connectivity index (χ0v) is 12.9. The molecule has 0 amide bonds. The molecule has 4 heteroatoms. The van der Waals surface area contributed by atoms with Crippen LogP contribution in [0.3, 0.4) is 0 Å². The van der Waals surface area contributed by atoms with E-state index in [-0.39, 0.29) is 0 Å². The Balaban J connectivity index is 2.17. The molecule has 2 aromatic carbocycles. The minimum Gasteiger partial charge on any atom is -0.339 e. The van der Waals surface area contributed by atoms with Gasteiger partial charge in [0.1, 0.15) is 6.07 Å². The predicted octanol–water partition coefficient (Wildman–Crippen LogP) is 5.18. The van der Waals surface area contributed by atoms with Crippen molar-refractivity contribution >= 4 is 34.1 Å². The van der Waals surface area contributed by atoms with E-state index in [1.165, 1.54) is 0 Å². The zero-order valence-electron chi connectivity index (χ0n) is 11.4. The van der Waals surface area contributed by atoms with E-state index in [1.807, 2.05) is 43.3 Å². The lowest BCUT2D eigenvalue weighted by molar-refractivity contribution is 0.803. The van der Waals surface area contributed by atoms with E-state index in [2.05, 4.69) is 10.6 Å². The molecule has 0 unspecified atom stereocenters. The van der Waals surface area contributed by atoms with Gasteiger partial charge in [0.15, 0.2) is 0 Å². The van der Waals surface area contributed by atoms with E-state index in [1.54, 1.807) is 6.07 Å². The van der Waals surface area contributed by atoms with Gasteiger partial charge < -0.3 is 4.57 Å². The second kappa shape index (κ2) is 5.44. The van der Waals surface area contributed by atoms with E-state index < -0.39 is 0 Å². The van der Waals surface area contributed by atoms with E-state index >= 15 is 0 Å². The van der Waals surface area contributed by atoms with Crippen molar-refractivity contribution in [1.82, 2.24) is 4.57 Å². The highest BCUT2D eigenvalue weighted by Crippen LogP contribution is 2.28. The maximum absolute atomic E-state index is 9.38. The van der Waals surface area contributed by atoms with Gasteiger partial charge >= 0.3 is 0 Å². The molecule has 3 aromatic rings. The maximum atomic E-state index is 9.38. The molecule has 0 radical (unpaired) electrons. The Labute approximate surface area is 133 Å². The molecule has 3 rings (SSSR count). The molecule has 0 aliphatic rings. The maximum Gasteiger partial charge on any atom is 0.102 e. The summed E-state index contributed by atoms with van der Waals surface area (Å²) in [7, 11) is 0. The third kappa shape index (κ3) is 2.40. The molecule has 0 bridgehead atoms. The van der Waals surface area contributed by atoms with Crippen molar-refractivity contribution in [3.63, 3.8) is 0 Å². The van der Waals surface area contributed by atoms with Crippen LogP contribution in [0.25, 0.3) is 10.9 Å². The number of fused-ring (bicyclic) bond motifs is 1. The summed E-state index contributed by atoms with van der Waals surface area (Å²) < 4.78 is 2.11. The van der Waals surface area contributed by atoms with Crippen LogP contribution in [0.4, 0.5) is 0 Å². The number of hydrogen-bond acceptors (Lipinski definition) is 1. The third-order valence-electron chi connectivity index (χ3n) is 3.69. The Kier molecular flexibility index (Phi) is 3.63. The quantitative estimate of drug-likeness (QED) is 0.641. The third-order valence-corrected chi connectivity index (χ3v) is 4.27. The summed E-state index contributed by atoms with van der Waals surface area (Å²) >= 11 is 12.2. The first-order chi connectivity index (χ1) is 10.1. The number of halogens is 2. The van der Waals surface area contributed by atoms with Crippen LogP contribution in [0.5, 0.6) is 0 Å². The molecule has 21 heavy (non-hydrogen) atoms. The average molecular weight is 315 g/mol. The van der Waals surface area contributed by atoms with E-state index in [0.29, 0.717) is 16.6 Å². The van der Waals surface area contributed by atoms with Crippen molar-refractivity contribution in [3.05, 3.63) is 69.3 Å². The van der Waals surface area contributed by atoms with Crippen LogP contribution in [0.15, 0.2) is 42.5 Å². The molecular weight excluding hydrogens is 303 g/mol. The standard InChI is InChI=1S/C17H12Cl2N2/c1-11-15(9-20)14-4-2-3-5-17(14)21(11)10-12-6-7-13(18)8-16(12)19/h2-8H,10H2,1H3. The molecule has 0 aliphatic carbocycles. The Morgan fingerprint density at radius 2 is 1.90 bits per heavy atom. The number of para-hydroxylation sites is 1. The largest absolute Gasteiger partial charge is 0.339 e. The highest BCUT2D eigenvalue weighted by Gasteiger charge is 2.14. The fraction of sp³-hybridized carbons (Fsp3) is 0.118. The Morgan fingerprint density at radius 3 is 2.62 bits per heavy atom. The Morgan fingerprint density at radius 1 is 1.14 bits per heavy atom. The van der Waals surface area contributed by atoms with E-state index in [9.17, 15) is 5.26 Å². The first kappa shape index (κ1) is 14.0. The molecule has 0 atom stereocenters. The van der Waals surface area contributed by atoms with Crippen molar-refractivity contribution in [3.8, 4) is 6.07 Å². The number of nitrogens with zero attached hydrogens (tertiary/aromatic N) is 2. The van der Waals surface area contributed by atoms with Gasteiger partial charge in [-0.2, -0.15) is 5.26 Å². The van der Waals surface area contributed by atoms with Gasteiger partial charge in [-0.3, -0.25) is 0 Å². The summed E-state index contributed by atoms with van der Waals surface area (Å²) in [5.74, 6) is 0. The number of aromatic nitrogens is 1. The summed E-state index contributed by atoms with van der Waals surface area (Å²) in [5, 5.41) is 11.6. The van der Waals surface area contributed by atoms with Gasteiger partial charge in [-0.1, -0.05) is 47.5 Å². The summed E-state index contributed by atoms with van der Waals surface area (Å²) in [4.78, 5) is 0. The fourth-order valence-corrected chi connectivity index (χ4v) is 3.06. The molecule has 0 saturated carbocycles. The second-order valence-corrected chi connectivity index (χ2v) is 5.75. The second-order valence-electron chi connectivity index (χ2n) is 4.91. The summed E-state index contributed by atoms with van der Waals surface area (Å²) in [6.45, 7) is 2.58. The van der Waals surface area contributed by atoms with Crippen LogP contribution in [0.2, 0.25) is 10.0 Å². The highest BCUT2D eigenvalue weighted by molar-refractivity contribution is 6.35. The van der Waals surface area contributed by atoms with Gasteiger partial charge in [0.05, 0.1) is 5.56 Å². The fourth-order valence-electron chi connectivity index (χ4n) is 2.60. The minimum absolute atomic E-state index is 0.615. The molecule has 0 saturated heterocycles. The molecule has 0 aliphatic heterocycles. The van der Waals surface area contributed by atoms with Crippen molar-refractivity contribution in [2.24, 2.45) is 0 Å². The average Bonchev–Trinajstić information content (AvgIpc) is 2.74. The minimum atomic E-state index is 0.615. The van der Waals surface area contributed by atoms with Crippen LogP contribution in [0, 0.1) is 18.3 Å². The summed E-state index contributed by atoms with van der Waals surface area (Å²) in [6, 6.07) is 15.7. The number of benzene rings is 2. The molecule has 0 fully saturated rings. The summed E-state index contributed by atoms with van der Waals surface area (Å²) in [6.07, 6.45) is 0. The van der Waals surface area contributed by atoms with Gasteiger partial charge in [0, 0.05) is 33.2 Å². The van der Waals surface area contributed by atoms with Crippen LogP contribution in [-0.4, -0.2) is 4.57 Å². The molecular formula is C17H12Cl2N2. The van der Waals surface area contributed by atoms with Crippen molar-refractivity contribution in [2.75, 3.05) is 0 Å². The first-order valence-electron chi connectivity index (χ1n) is 6.53. The first-order valence-corrected chi connectivity index (χ1v) is 7.29. The van der Waals surface area contributed by atoms with Crippen molar-refractivity contribution in [1.29, 1.82) is 5.26 Å². The monoisotopic (exact) mass is 314 g/mol. The van der Waals surface area contributed by atoms with E-state index in [0.717, 1.165) is 27.7 Å². The lowest BCUT2D eigenvalue weighted by Crippen LogP contribution is -2.02. The number of nitriles is 1. The lowest BCUT2D eigenvalue weighted by atomic mass is 10.1. The molecule has 2 nitrogen and oxygen atoms in total. The highest BCUT2D eigenvalue weighted by atomic mass is 35.5. The van der Waals surface area contributed by atoms with Gasteiger partial charge in [-0.25, -0.2) is 0 Å². The molecule has 0 N–H and O–H groups in total. The van der Waals surface area contributed by atoms with Crippen molar-refractivity contribution < 1.29 is 0 Å². The zero-order chi connectivity index (χ0) is 15.0. The SMILES string of the molecule is Cc1c(C#N)c2ccccc2n1Cc1ccc(Cl)cc1Cl. The van der Waals surface area contributed by atoms with Crippen LogP contribution >= 0.6 is 23.2 Å². The van der Waals surface area contributed by atoms with Crippen molar-refractivity contribution in [2.45, 2.75) is 13.5 Å². The number of rotatable bonds is 2. The smallest absolute Gasteiger partial charge is 0.102 e. The van der Waals surface area contributed by atoms with Gasteiger partial charge in [-0.05, 0) is 30.7 Å². The van der Waals surface area contributed by atoms with Crippen LogP contribution in [0.1, 0.15) is 16.8 Å². The Bertz CT molecular complexity index is 872. The molecule has 0 spiro atoms. The molecule has 104 valence electrons. The van der Waals surface area contributed by atoms with Crippen LogP contribution < -0.4 is 0 Å². The topological polar surface area (TPSA) is 28.7 Å². The molecule has 1 heterocycles. The Hall–Kier alpha value is -1.95. The van der Waals surface area contributed by atoms with Gasteiger partial charge in [0.2, 0.25) is 0 Å². The van der Waals surface area contributed by atoms with Gasteiger partial charge in [0.25, 0.3) is 0 Å². The van der Waals surface area contributed by atoms with Gasteiger partial charge in [-0.15, -0.1) is 0 Å². The lowest BCUT2D eigenvalue weighted by Gasteiger charge is -2.10. The molecule has 1 aromatic heterocycles. The van der Waals surface area contributed by atoms with E-state index in [4.69, 9.17) is 23.2 Å².